The lowest BCUT2D eigenvalue weighted by atomic mass is 10.4. The lowest BCUT2D eigenvalue weighted by Gasteiger charge is -2.10. The summed E-state index contributed by atoms with van der Waals surface area (Å²) in [5.41, 5.74) is 0. The third-order valence-corrected chi connectivity index (χ3v) is 3.41. The highest BCUT2D eigenvalue weighted by Gasteiger charge is 2.08. The lowest BCUT2D eigenvalue weighted by molar-refractivity contribution is 0.782. The molecular formula is C6H7NS2. The molecule has 0 aromatic carbocycles. The number of rotatable bonds is 0. The molecular weight excluding hydrogens is 150 g/mol. The van der Waals surface area contributed by atoms with Crippen molar-refractivity contribution in [3.63, 3.8) is 0 Å². The molecule has 2 heterocycles. The summed E-state index contributed by atoms with van der Waals surface area (Å²) < 4.78 is 0. The van der Waals surface area contributed by atoms with Crippen LogP contribution < -0.4 is 5.32 Å². The maximum absolute atomic E-state index is 3.30. The van der Waals surface area contributed by atoms with E-state index < -0.39 is 0 Å². The van der Waals surface area contributed by atoms with Gasteiger partial charge in [0.2, 0.25) is 0 Å². The Morgan fingerprint density at radius 2 is 2.56 bits per heavy atom. The van der Waals surface area contributed by atoms with Gasteiger partial charge in [-0.3, -0.25) is 0 Å². The summed E-state index contributed by atoms with van der Waals surface area (Å²) in [5.74, 6) is 1.07. The fraction of sp³-hybridized carbons (Fsp3) is 0.333. The van der Waals surface area contributed by atoms with E-state index in [4.69, 9.17) is 0 Å². The van der Waals surface area contributed by atoms with Crippen LogP contribution in [0.25, 0.3) is 0 Å². The minimum absolute atomic E-state index is 1.07. The van der Waals surface area contributed by atoms with Crippen LogP contribution in [0.1, 0.15) is 4.88 Å². The molecule has 0 fully saturated rings. The van der Waals surface area contributed by atoms with E-state index in [1.807, 2.05) is 23.1 Å². The van der Waals surface area contributed by atoms with Crippen LogP contribution in [-0.2, 0) is 6.54 Å². The zero-order valence-electron chi connectivity index (χ0n) is 4.89. The van der Waals surface area contributed by atoms with Gasteiger partial charge in [-0.15, -0.1) is 23.1 Å². The van der Waals surface area contributed by atoms with Gasteiger partial charge in [-0.25, -0.2) is 0 Å². The molecule has 0 spiro atoms. The molecule has 1 N–H and O–H groups in total. The number of thioether (sulfide) groups is 1. The second kappa shape index (κ2) is 2.33. The summed E-state index contributed by atoms with van der Waals surface area (Å²) in [5, 5.41) is 5.46. The Morgan fingerprint density at radius 1 is 1.56 bits per heavy atom. The minimum Gasteiger partial charge on any atom is -0.303 e. The quantitative estimate of drug-likeness (QED) is 0.617. The van der Waals surface area contributed by atoms with Crippen LogP contribution in [-0.4, -0.2) is 5.88 Å². The first kappa shape index (κ1) is 5.77. The standard InChI is InChI=1S/C6H7NS2/c1-2-8-6-3-7-4-9-5(1)6/h1-2,7H,3-4H2. The van der Waals surface area contributed by atoms with Crippen LogP contribution in [0.4, 0.5) is 0 Å². The summed E-state index contributed by atoms with van der Waals surface area (Å²) in [4.78, 5) is 2.96. The van der Waals surface area contributed by atoms with Gasteiger partial charge in [0.1, 0.15) is 0 Å². The van der Waals surface area contributed by atoms with Gasteiger partial charge < -0.3 is 5.32 Å². The number of nitrogens with one attached hydrogen (secondary N) is 1. The van der Waals surface area contributed by atoms with Crippen molar-refractivity contribution >= 4 is 23.1 Å². The van der Waals surface area contributed by atoms with E-state index in [-0.39, 0.29) is 0 Å². The highest BCUT2D eigenvalue weighted by Crippen LogP contribution is 2.29. The smallest absolute Gasteiger partial charge is 0.0469 e. The molecule has 3 heteroatoms. The molecule has 48 valence electrons. The average Bonchev–Trinajstić information content (AvgIpc) is 2.33. The van der Waals surface area contributed by atoms with Gasteiger partial charge in [-0.2, -0.15) is 0 Å². The Hall–Kier alpha value is 0.01000. The van der Waals surface area contributed by atoms with E-state index >= 15 is 0 Å². The minimum atomic E-state index is 1.07. The van der Waals surface area contributed by atoms with E-state index in [1.165, 1.54) is 9.77 Å². The van der Waals surface area contributed by atoms with Crippen molar-refractivity contribution in [1.82, 2.24) is 5.32 Å². The zero-order valence-corrected chi connectivity index (χ0v) is 6.52. The molecule has 0 saturated heterocycles. The maximum atomic E-state index is 3.30. The molecule has 0 radical (unpaired) electrons. The van der Waals surface area contributed by atoms with Crippen LogP contribution in [0.2, 0.25) is 0 Å². The fourth-order valence-electron chi connectivity index (χ4n) is 0.880. The second-order valence-electron chi connectivity index (χ2n) is 1.92. The van der Waals surface area contributed by atoms with Crippen molar-refractivity contribution in [2.24, 2.45) is 0 Å². The summed E-state index contributed by atoms with van der Waals surface area (Å²) in [7, 11) is 0. The van der Waals surface area contributed by atoms with Gasteiger partial charge in [0.25, 0.3) is 0 Å². The number of thiophene rings is 1. The molecule has 2 rings (SSSR count). The van der Waals surface area contributed by atoms with E-state index in [0.717, 1.165) is 12.4 Å². The first-order valence-electron chi connectivity index (χ1n) is 2.87. The first-order chi connectivity index (χ1) is 4.47. The van der Waals surface area contributed by atoms with E-state index in [0.29, 0.717) is 0 Å². The van der Waals surface area contributed by atoms with Crippen molar-refractivity contribution in [3.05, 3.63) is 16.3 Å². The maximum Gasteiger partial charge on any atom is 0.0469 e. The van der Waals surface area contributed by atoms with E-state index in [1.54, 1.807) is 0 Å². The molecule has 1 aromatic rings. The van der Waals surface area contributed by atoms with Crippen molar-refractivity contribution < 1.29 is 0 Å². The first-order valence-corrected chi connectivity index (χ1v) is 4.73. The van der Waals surface area contributed by atoms with Crippen molar-refractivity contribution in [3.8, 4) is 0 Å². The predicted molar refractivity (Wildman–Crippen MR) is 41.9 cm³/mol. The highest BCUT2D eigenvalue weighted by atomic mass is 32.2. The van der Waals surface area contributed by atoms with E-state index in [9.17, 15) is 0 Å². The molecule has 0 saturated carbocycles. The predicted octanol–water partition coefficient (Wildman–Crippen LogP) is 1.90. The topological polar surface area (TPSA) is 12.0 Å². The monoisotopic (exact) mass is 157 g/mol. The van der Waals surface area contributed by atoms with Crippen molar-refractivity contribution in [2.75, 3.05) is 5.88 Å². The zero-order chi connectivity index (χ0) is 6.10. The largest absolute Gasteiger partial charge is 0.303 e. The second-order valence-corrected chi connectivity index (χ2v) is 3.94. The SMILES string of the molecule is c1cc2c(s1)CNCS2. The Morgan fingerprint density at radius 3 is 3.44 bits per heavy atom. The Labute approximate surface area is 62.5 Å². The normalized spacial score (nSPS) is 17.3. The van der Waals surface area contributed by atoms with Crippen LogP contribution in [0, 0.1) is 0 Å². The van der Waals surface area contributed by atoms with Crippen LogP contribution >= 0.6 is 23.1 Å². The molecule has 0 amide bonds. The van der Waals surface area contributed by atoms with Crippen LogP contribution in [0.5, 0.6) is 0 Å². The lowest BCUT2D eigenvalue weighted by Crippen LogP contribution is -2.15. The van der Waals surface area contributed by atoms with Crippen LogP contribution in [0.3, 0.4) is 0 Å². The molecule has 0 unspecified atom stereocenters. The number of fused-ring (bicyclic) bond motifs is 1. The molecule has 1 aliphatic rings. The third kappa shape index (κ3) is 1.000. The summed E-state index contributed by atoms with van der Waals surface area (Å²) >= 11 is 3.74. The summed E-state index contributed by atoms with van der Waals surface area (Å²) in [6, 6.07) is 2.20. The highest BCUT2D eigenvalue weighted by molar-refractivity contribution is 7.99. The summed E-state index contributed by atoms with van der Waals surface area (Å²) in [6.07, 6.45) is 0. The Balaban J connectivity index is 2.39. The molecule has 0 bridgehead atoms. The molecule has 1 aliphatic heterocycles. The Kier molecular flexibility index (Phi) is 1.49. The molecule has 9 heavy (non-hydrogen) atoms. The van der Waals surface area contributed by atoms with Gasteiger partial charge in [0.15, 0.2) is 0 Å². The van der Waals surface area contributed by atoms with Crippen molar-refractivity contribution in [1.29, 1.82) is 0 Å². The van der Waals surface area contributed by atoms with Gasteiger partial charge in [-0.1, -0.05) is 0 Å². The van der Waals surface area contributed by atoms with Gasteiger partial charge in [0, 0.05) is 22.2 Å². The third-order valence-electron chi connectivity index (χ3n) is 1.32. The molecule has 0 aliphatic carbocycles. The summed E-state index contributed by atoms with van der Waals surface area (Å²) in [6.45, 7) is 1.07. The van der Waals surface area contributed by atoms with Crippen molar-refractivity contribution in [2.45, 2.75) is 11.4 Å². The molecule has 0 atom stereocenters. The number of hydrogen-bond acceptors (Lipinski definition) is 3. The Bertz CT molecular complexity index is 186. The molecule has 1 nitrogen and oxygen atoms in total. The number of hydrogen-bond donors (Lipinski definition) is 1. The fourth-order valence-corrected chi connectivity index (χ4v) is 2.78. The average molecular weight is 157 g/mol. The van der Waals surface area contributed by atoms with E-state index in [2.05, 4.69) is 16.8 Å². The van der Waals surface area contributed by atoms with Gasteiger partial charge in [0.05, 0.1) is 0 Å². The van der Waals surface area contributed by atoms with Crippen LogP contribution in [0.15, 0.2) is 16.3 Å². The van der Waals surface area contributed by atoms with Gasteiger partial charge >= 0.3 is 0 Å². The van der Waals surface area contributed by atoms with Gasteiger partial charge in [-0.05, 0) is 11.4 Å². The molecule has 1 aromatic heterocycles.